The average Bonchev–Trinajstić information content (AvgIpc) is 3.22. The molecule has 0 spiro atoms. The van der Waals surface area contributed by atoms with Crippen molar-refractivity contribution < 1.29 is 0 Å². The quantitative estimate of drug-likeness (QED) is 0.514. The van der Waals surface area contributed by atoms with Gasteiger partial charge in [-0.25, -0.2) is 4.98 Å². The summed E-state index contributed by atoms with van der Waals surface area (Å²) in [5.74, 6) is 0.815. The number of piperazine rings is 1. The average molecular weight is 479 g/mol. The minimum Gasteiger partial charge on any atom is -0.304 e. The van der Waals surface area contributed by atoms with E-state index in [4.69, 9.17) is 0 Å². The second-order valence-electron chi connectivity index (χ2n) is 8.90. The van der Waals surface area contributed by atoms with Gasteiger partial charge in [0.1, 0.15) is 6.33 Å². The van der Waals surface area contributed by atoms with E-state index in [1.165, 1.54) is 26.1 Å². The Bertz CT molecular complexity index is 1300. The number of rotatable bonds is 5. The number of aromatic nitrogens is 2. The number of fused-ring (bicyclic) bond motifs is 2. The number of hydrogen-bond donors (Lipinski definition) is 0. The fraction of sp³-hybridized carbons (Fsp3) is 0.385. The second kappa shape index (κ2) is 9.58. The van der Waals surface area contributed by atoms with Crippen LogP contribution < -0.4 is 5.56 Å². The maximum absolute atomic E-state index is 13.3. The van der Waals surface area contributed by atoms with Gasteiger partial charge in [0.25, 0.3) is 5.56 Å². The van der Waals surface area contributed by atoms with E-state index < -0.39 is 0 Å². The SMILES string of the molecule is CC/C=C(\C)C1=Cc2ncn(-c3ccc4sc(CN5CCN(C)CC5)cc4c3)c(=O)c2SC1. The van der Waals surface area contributed by atoms with Crippen LogP contribution in [0.3, 0.4) is 0 Å². The molecule has 33 heavy (non-hydrogen) atoms. The smallest absolute Gasteiger partial charge is 0.272 e. The molecule has 2 aromatic heterocycles. The third-order valence-electron chi connectivity index (χ3n) is 6.46. The summed E-state index contributed by atoms with van der Waals surface area (Å²) < 4.78 is 2.96. The number of benzene rings is 1. The minimum atomic E-state index is 0.0182. The topological polar surface area (TPSA) is 41.4 Å². The van der Waals surface area contributed by atoms with Crippen LogP contribution in [0.5, 0.6) is 0 Å². The monoisotopic (exact) mass is 478 g/mol. The molecule has 2 aliphatic rings. The number of thioether (sulfide) groups is 1. The van der Waals surface area contributed by atoms with Gasteiger partial charge < -0.3 is 4.90 Å². The van der Waals surface area contributed by atoms with Gasteiger partial charge in [-0.2, -0.15) is 0 Å². The third-order valence-corrected chi connectivity index (χ3v) is 8.69. The van der Waals surface area contributed by atoms with Crippen LogP contribution in [-0.2, 0) is 6.54 Å². The van der Waals surface area contributed by atoms with Crippen LogP contribution in [0.1, 0.15) is 30.8 Å². The van der Waals surface area contributed by atoms with Crippen LogP contribution in [0.4, 0.5) is 0 Å². The molecule has 1 fully saturated rings. The van der Waals surface area contributed by atoms with Gasteiger partial charge in [-0.15, -0.1) is 23.1 Å². The summed E-state index contributed by atoms with van der Waals surface area (Å²) in [6.07, 6.45) is 7.00. The van der Waals surface area contributed by atoms with Crippen molar-refractivity contribution in [3.63, 3.8) is 0 Å². The Morgan fingerprint density at radius 1 is 1.18 bits per heavy atom. The van der Waals surface area contributed by atoms with Gasteiger partial charge in [0.2, 0.25) is 0 Å². The molecule has 2 aliphatic heterocycles. The van der Waals surface area contributed by atoms with E-state index in [0.717, 1.165) is 61.2 Å². The van der Waals surface area contributed by atoms with Gasteiger partial charge in [0.15, 0.2) is 0 Å². The lowest BCUT2D eigenvalue weighted by Crippen LogP contribution is -2.43. The lowest BCUT2D eigenvalue weighted by Gasteiger charge is -2.31. The number of likely N-dealkylation sites (N-methyl/N-ethyl adjacent to an activating group) is 1. The molecule has 0 amide bonds. The summed E-state index contributed by atoms with van der Waals surface area (Å²) in [7, 11) is 2.19. The summed E-state index contributed by atoms with van der Waals surface area (Å²) in [5, 5.41) is 1.20. The molecule has 0 N–H and O–H groups in total. The van der Waals surface area contributed by atoms with Gasteiger partial charge in [-0.1, -0.05) is 18.6 Å². The van der Waals surface area contributed by atoms with Gasteiger partial charge in [0.05, 0.1) is 16.3 Å². The van der Waals surface area contributed by atoms with Crippen LogP contribution in [0.15, 0.2) is 57.5 Å². The Morgan fingerprint density at radius 3 is 2.79 bits per heavy atom. The van der Waals surface area contributed by atoms with E-state index in [2.05, 4.69) is 66.0 Å². The maximum atomic E-state index is 13.3. The van der Waals surface area contributed by atoms with Gasteiger partial charge in [0, 0.05) is 48.1 Å². The first-order valence-corrected chi connectivity index (χ1v) is 13.4. The van der Waals surface area contributed by atoms with Crippen LogP contribution >= 0.6 is 23.1 Å². The molecule has 5 rings (SSSR count). The summed E-state index contributed by atoms with van der Waals surface area (Å²) >= 11 is 3.46. The molecule has 5 nitrogen and oxygen atoms in total. The molecular formula is C26H30N4OS2. The van der Waals surface area contributed by atoms with E-state index in [-0.39, 0.29) is 5.56 Å². The molecule has 172 valence electrons. The Labute approximate surface area is 203 Å². The van der Waals surface area contributed by atoms with Crippen LogP contribution in [0.25, 0.3) is 21.8 Å². The maximum Gasteiger partial charge on any atom is 0.272 e. The number of allylic oxidation sites excluding steroid dienone is 2. The van der Waals surface area contributed by atoms with Crippen LogP contribution in [0, 0.1) is 0 Å². The van der Waals surface area contributed by atoms with E-state index in [1.54, 1.807) is 22.7 Å². The zero-order valence-electron chi connectivity index (χ0n) is 19.5. The number of thiophene rings is 1. The van der Waals surface area contributed by atoms with Gasteiger partial charge in [-0.05, 0) is 61.7 Å². The molecule has 3 aromatic rings. The molecule has 4 heterocycles. The van der Waals surface area contributed by atoms with Gasteiger partial charge in [-0.3, -0.25) is 14.3 Å². The largest absolute Gasteiger partial charge is 0.304 e. The fourth-order valence-electron chi connectivity index (χ4n) is 4.43. The third kappa shape index (κ3) is 4.73. The highest BCUT2D eigenvalue weighted by Crippen LogP contribution is 2.32. The summed E-state index contributed by atoms with van der Waals surface area (Å²) in [5.41, 5.74) is 4.22. The zero-order chi connectivity index (χ0) is 22.9. The molecule has 0 bridgehead atoms. The van der Waals surface area contributed by atoms with E-state index in [1.807, 2.05) is 17.4 Å². The predicted molar refractivity (Wildman–Crippen MR) is 141 cm³/mol. The first kappa shape index (κ1) is 22.6. The Morgan fingerprint density at radius 2 is 2.00 bits per heavy atom. The molecular weight excluding hydrogens is 448 g/mol. The molecule has 0 atom stereocenters. The number of hydrogen-bond acceptors (Lipinski definition) is 6. The predicted octanol–water partition coefficient (Wildman–Crippen LogP) is 5.04. The Balaban J connectivity index is 1.41. The van der Waals surface area contributed by atoms with Crippen LogP contribution in [0.2, 0.25) is 0 Å². The molecule has 0 radical (unpaired) electrons. The molecule has 0 unspecified atom stereocenters. The summed E-state index contributed by atoms with van der Waals surface area (Å²) in [4.78, 5) is 25.0. The van der Waals surface area contributed by atoms with Crippen molar-refractivity contribution in [3.8, 4) is 5.69 Å². The molecule has 0 saturated carbocycles. The minimum absolute atomic E-state index is 0.0182. The Hall–Kier alpha value is -2.19. The lowest BCUT2D eigenvalue weighted by atomic mass is 10.1. The van der Waals surface area contributed by atoms with Gasteiger partial charge >= 0.3 is 0 Å². The lowest BCUT2D eigenvalue weighted by molar-refractivity contribution is 0.149. The highest BCUT2D eigenvalue weighted by molar-refractivity contribution is 7.99. The van der Waals surface area contributed by atoms with E-state index in [9.17, 15) is 4.79 Å². The highest BCUT2D eigenvalue weighted by atomic mass is 32.2. The molecule has 0 aliphatic carbocycles. The van der Waals surface area contributed by atoms with E-state index in [0.29, 0.717) is 0 Å². The van der Waals surface area contributed by atoms with Crippen molar-refractivity contribution in [2.45, 2.75) is 31.7 Å². The second-order valence-corrected chi connectivity index (χ2v) is 11.1. The van der Waals surface area contributed by atoms with Crippen molar-refractivity contribution in [3.05, 3.63) is 68.7 Å². The number of nitrogens with zero attached hydrogens (tertiary/aromatic N) is 4. The standard InChI is InChI=1S/C26H30N4OS2/c1-4-5-18(2)20-14-23-25(32-16-20)26(31)30(17-27-23)21-6-7-24-19(12-21)13-22(33-24)15-29-10-8-28(3)9-11-29/h5-7,12-14,17H,4,8-11,15-16H2,1-3H3/b18-5+. The first-order valence-electron chi connectivity index (χ1n) is 11.6. The highest BCUT2D eigenvalue weighted by Gasteiger charge is 2.19. The zero-order valence-corrected chi connectivity index (χ0v) is 21.1. The molecule has 1 aromatic carbocycles. The van der Waals surface area contributed by atoms with Crippen molar-refractivity contribution in [2.75, 3.05) is 39.0 Å². The van der Waals surface area contributed by atoms with Crippen molar-refractivity contribution in [1.82, 2.24) is 19.4 Å². The van der Waals surface area contributed by atoms with Crippen molar-refractivity contribution in [1.29, 1.82) is 0 Å². The van der Waals surface area contributed by atoms with Crippen molar-refractivity contribution in [2.24, 2.45) is 0 Å². The Kier molecular flexibility index (Phi) is 6.56. The summed E-state index contributed by atoms with van der Waals surface area (Å²) in [6.45, 7) is 9.78. The molecule has 1 saturated heterocycles. The van der Waals surface area contributed by atoms with Crippen molar-refractivity contribution >= 4 is 39.3 Å². The normalized spacial score (nSPS) is 17.9. The van der Waals surface area contributed by atoms with E-state index >= 15 is 0 Å². The summed E-state index contributed by atoms with van der Waals surface area (Å²) in [6, 6.07) is 8.58. The first-order chi connectivity index (χ1) is 16.0. The van der Waals surface area contributed by atoms with Crippen LogP contribution in [-0.4, -0.2) is 58.3 Å². The molecule has 7 heteroatoms. The fourth-order valence-corrected chi connectivity index (χ4v) is 6.61.